The summed E-state index contributed by atoms with van der Waals surface area (Å²) in [6, 6.07) is 6.93. The van der Waals surface area contributed by atoms with Crippen molar-refractivity contribution in [3.05, 3.63) is 65.1 Å². The van der Waals surface area contributed by atoms with Gasteiger partial charge in [0.1, 0.15) is 0 Å². The number of halogens is 4. The predicted octanol–water partition coefficient (Wildman–Crippen LogP) is 4.00. The van der Waals surface area contributed by atoms with E-state index < -0.39 is 29.9 Å². The Bertz CT molecular complexity index is 1760. The summed E-state index contributed by atoms with van der Waals surface area (Å²) in [5.41, 5.74) is 1.37. The fourth-order valence-electron chi connectivity index (χ4n) is 7.31. The molecule has 0 radical (unpaired) electrons. The topological polar surface area (TPSA) is 113 Å². The van der Waals surface area contributed by atoms with Gasteiger partial charge in [-0.05, 0) is 74.7 Å². The van der Waals surface area contributed by atoms with Crippen LogP contribution in [0.4, 0.5) is 23.2 Å². The SMILES string of the molecule is CCc1cc(NC(=O)c2ncc(-c3ccc(OC(F)F)c(F)c3F)n2C)ccc1C(=O)N1CCN(C(=O)C(CC)CC[NH+](C)CC2CCNCC2)CC1. The molecule has 3 N–H and O–H groups in total. The Morgan fingerprint density at radius 1 is 1.02 bits per heavy atom. The van der Waals surface area contributed by atoms with Crippen molar-refractivity contribution in [3.8, 4) is 17.0 Å². The van der Waals surface area contributed by atoms with Gasteiger partial charge in [0.25, 0.3) is 11.8 Å². The van der Waals surface area contributed by atoms with E-state index in [-0.39, 0.29) is 34.8 Å². The van der Waals surface area contributed by atoms with Crippen LogP contribution in [0.1, 0.15) is 66.1 Å². The number of hydrogen-bond acceptors (Lipinski definition) is 6. The number of aromatic nitrogens is 2. The summed E-state index contributed by atoms with van der Waals surface area (Å²) in [4.78, 5) is 49.5. The van der Waals surface area contributed by atoms with Crippen molar-refractivity contribution in [3.63, 3.8) is 0 Å². The first-order valence-electron chi connectivity index (χ1n) is 18.4. The number of carbonyl (C=O) groups is 3. The molecule has 1 aromatic heterocycles. The number of rotatable bonds is 14. The number of ether oxygens (including phenoxy) is 1. The van der Waals surface area contributed by atoms with E-state index in [0.29, 0.717) is 43.9 Å². The van der Waals surface area contributed by atoms with Gasteiger partial charge in [0.2, 0.25) is 11.7 Å². The molecule has 0 aliphatic carbocycles. The molecular weight excluding hydrogens is 694 g/mol. The lowest BCUT2D eigenvalue weighted by Crippen LogP contribution is -3.09. The van der Waals surface area contributed by atoms with E-state index in [0.717, 1.165) is 62.6 Å². The molecule has 2 aliphatic heterocycles. The Hall–Kier alpha value is -4.50. The minimum atomic E-state index is -3.33. The van der Waals surface area contributed by atoms with Gasteiger partial charge in [-0.2, -0.15) is 13.2 Å². The molecular formula is C38H50F4N7O4+. The number of imidazole rings is 1. The zero-order valence-corrected chi connectivity index (χ0v) is 30.8. The Kier molecular flexibility index (Phi) is 13.5. The molecule has 11 nitrogen and oxygen atoms in total. The molecule has 3 aromatic rings. The van der Waals surface area contributed by atoms with E-state index in [1.807, 2.05) is 11.8 Å². The average Bonchev–Trinajstić information content (AvgIpc) is 3.54. The number of hydrogen-bond donors (Lipinski definition) is 3. The molecule has 288 valence electrons. The van der Waals surface area contributed by atoms with Gasteiger partial charge in [-0.3, -0.25) is 14.4 Å². The van der Waals surface area contributed by atoms with Gasteiger partial charge in [-0.25, -0.2) is 9.37 Å². The van der Waals surface area contributed by atoms with E-state index in [1.165, 1.54) is 35.6 Å². The maximum Gasteiger partial charge on any atom is 0.387 e. The smallest absolute Gasteiger partial charge is 0.387 e. The number of amides is 3. The normalized spacial score (nSPS) is 16.5. The van der Waals surface area contributed by atoms with Crippen molar-refractivity contribution in [2.75, 3.05) is 64.7 Å². The number of nitrogens with zero attached hydrogens (tertiary/aromatic N) is 4. The maximum atomic E-state index is 14.8. The van der Waals surface area contributed by atoms with Gasteiger partial charge < -0.3 is 34.6 Å². The highest BCUT2D eigenvalue weighted by atomic mass is 19.3. The molecule has 2 unspecified atom stereocenters. The minimum absolute atomic E-state index is 0.0297. The van der Waals surface area contributed by atoms with E-state index in [9.17, 15) is 31.9 Å². The third kappa shape index (κ3) is 9.55. The van der Waals surface area contributed by atoms with Gasteiger partial charge in [-0.1, -0.05) is 13.8 Å². The van der Waals surface area contributed by atoms with E-state index in [1.54, 1.807) is 23.1 Å². The molecule has 2 aliphatic rings. The fraction of sp³-hybridized carbons (Fsp3) is 0.526. The summed E-state index contributed by atoms with van der Waals surface area (Å²) in [5, 5.41) is 6.16. The molecule has 2 saturated heterocycles. The van der Waals surface area contributed by atoms with E-state index in [2.05, 4.69) is 34.3 Å². The lowest BCUT2D eigenvalue weighted by atomic mass is 9.96. The van der Waals surface area contributed by atoms with Crippen LogP contribution < -0.4 is 20.3 Å². The second-order valence-corrected chi connectivity index (χ2v) is 13.9. The predicted molar refractivity (Wildman–Crippen MR) is 192 cm³/mol. The number of quaternary nitrogens is 1. The summed E-state index contributed by atoms with van der Waals surface area (Å²) in [5.74, 6) is -3.98. The van der Waals surface area contributed by atoms with Crippen LogP contribution in [0.2, 0.25) is 0 Å². The molecule has 3 amide bonds. The molecule has 2 fully saturated rings. The maximum absolute atomic E-state index is 14.8. The lowest BCUT2D eigenvalue weighted by molar-refractivity contribution is -0.883. The lowest BCUT2D eigenvalue weighted by Gasteiger charge is -2.36. The Morgan fingerprint density at radius 2 is 1.72 bits per heavy atom. The number of piperazine rings is 1. The summed E-state index contributed by atoms with van der Waals surface area (Å²) >= 11 is 0. The largest absolute Gasteiger partial charge is 0.432 e. The van der Waals surface area contributed by atoms with Crippen LogP contribution in [0.25, 0.3) is 11.3 Å². The zero-order valence-electron chi connectivity index (χ0n) is 30.8. The van der Waals surface area contributed by atoms with Crippen LogP contribution in [0, 0.1) is 23.5 Å². The molecule has 3 heterocycles. The van der Waals surface area contributed by atoms with Crippen molar-refractivity contribution in [1.82, 2.24) is 24.7 Å². The third-order valence-electron chi connectivity index (χ3n) is 10.4. The number of benzene rings is 2. The molecule has 2 aromatic carbocycles. The molecule has 5 rings (SSSR count). The van der Waals surface area contributed by atoms with Crippen molar-refractivity contribution in [2.24, 2.45) is 18.9 Å². The van der Waals surface area contributed by atoms with Gasteiger partial charge in [0.05, 0.1) is 32.0 Å². The quantitative estimate of drug-likeness (QED) is 0.216. The number of aryl methyl sites for hydroxylation is 1. The van der Waals surface area contributed by atoms with E-state index in [4.69, 9.17) is 0 Å². The number of carbonyl (C=O) groups excluding carboxylic acids is 3. The molecule has 0 spiro atoms. The molecule has 2 atom stereocenters. The molecule has 53 heavy (non-hydrogen) atoms. The van der Waals surface area contributed by atoms with Gasteiger partial charge in [0, 0.05) is 68.3 Å². The standard InChI is InChI=1S/C38H49F4N7O4/c1-5-25(13-16-46(3)23-24-11-14-43-15-12-24)36(51)48-17-19-49(20-18-48)37(52)28-8-7-27(21-26(28)6-2)45-35(50)34-44-22-30(47(34)4)29-9-10-31(53-38(41)42)33(40)32(29)39/h7-10,21-22,24-25,38,43H,5-6,11-20,23H2,1-4H3,(H,45,50)/p+1. The Labute approximate surface area is 307 Å². The number of alkyl halides is 2. The van der Waals surface area contributed by atoms with Crippen molar-refractivity contribution in [1.29, 1.82) is 0 Å². The van der Waals surface area contributed by atoms with Gasteiger partial charge in [0.15, 0.2) is 17.4 Å². The summed E-state index contributed by atoms with van der Waals surface area (Å²) in [6.07, 6.45) is 5.75. The first-order valence-corrected chi connectivity index (χ1v) is 18.4. The van der Waals surface area contributed by atoms with E-state index >= 15 is 0 Å². The van der Waals surface area contributed by atoms with Crippen LogP contribution in [-0.4, -0.2) is 103 Å². The minimum Gasteiger partial charge on any atom is -0.432 e. The van der Waals surface area contributed by atoms with Crippen LogP contribution in [0.5, 0.6) is 5.75 Å². The summed E-state index contributed by atoms with van der Waals surface area (Å²) in [7, 11) is 3.66. The van der Waals surface area contributed by atoms with Crippen LogP contribution >= 0.6 is 0 Å². The summed E-state index contributed by atoms with van der Waals surface area (Å²) < 4.78 is 59.5. The van der Waals surface area contributed by atoms with Crippen molar-refractivity contribution < 1.29 is 41.6 Å². The second-order valence-electron chi connectivity index (χ2n) is 13.9. The second kappa shape index (κ2) is 18.0. The molecule has 0 bridgehead atoms. The Morgan fingerprint density at radius 3 is 2.38 bits per heavy atom. The van der Waals surface area contributed by atoms with Crippen LogP contribution in [-0.2, 0) is 18.3 Å². The fourth-order valence-corrected chi connectivity index (χ4v) is 7.31. The Balaban J connectivity index is 1.16. The van der Waals surface area contributed by atoms with Gasteiger partial charge >= 0.3 is 6.61 Å². The highest BCUT2D eigenvalue weighted by Gasteiger charge is 2.30. The highest BCUT2D eigenvalue weighted by Crippen LogP contribution is 2.31. The summed E-state index contributed by atoms with van der Waals surface area (Å²) in [6.45, 7) is 6.73. The highest BCUT2D eigenvalue weighted by molar-refractivity contribution is 6.03. The monoisotopic (exact) mass is 744 g/mol. The third-order valence-corrected chi connectivity index (χ3v) is 10.4. The molecule has 0 saturated carbocycles. The average molecular weight is 745 g/mol. The number of nitrogens with one attached hydrogen (secondary N) is 3. The van der Waals surface area contributed by atoms with Crippen molar-refractivity contribution in [2.45, 2.75) is 52.6 Å². The molecule has 15 heteroatoms. The zero-order chi connectivity index (χ0) is 38.2. The number of piperidine rings is 1. The van der Waals surface area contributed by atoms with Crippen molar-refractivity contribution >= 4 is 23.4 Å². The van der Waals surface area contributed by atoms with Gasteiger partial charge in [-0.15, -0.1) is 0 Å². The first-order chi connectivity index (χ1) is 25.4. The number of anilines is 1. The van der Waals surface area contributed by atoms with Crippen LogP contribution in [0.15, 0.2) is 36.5 Å². The first kappa shape index (κ1) is 39.7. The van der Waals surface area contributed by atoms with Crippen LogP contribution in [0.3, 0.4) is 0 Å².